The van der Waals surface area contributed by atoms with Gasteiger partial charge in [0.25, 0.3) is 0 Å². The molecule has 0 aromatic heterocycles. The van der Waals surface area contributed by atoms with E-state index in [0.29, 0.717) is 5.56 Å². The van der Waals surface area contributed by atoms with Gasteiger partial charge in [0.2, 0.25) is 5.91 Å². The number of amides is 1. The first kappa shape index (κ1) is 9.12. The number of nitrogens with two attached hydrogens (primary N) is 1. The summed E-state index contributed by atoms with van der Waals surface area (Å²) in [6.45, 7) is 3.43. The second kappa shape index (κ2) is 3.18. The van der Waals surface area contributed by atoms with Crippen LogP contribution >= 0.6 is 0 Å². The van der Waals surface area contributed by atoms with Crippen molar-refractivity contribution in [2.45, 2.75) is 0 Å². The number of benzene rings is 1. The van der Waals surface area contributed by atoms with Crippen LogP contribution in [0.15, 0.2) is 24.8 Å². The Bertz CT molecular complexity index is 371. The Labute approximate surface area is 74.9 Å². The molecule has 0 spiro atoms. The monoisotopic (exact) mass is 179 g/mol. The molecule has 0 atom stereocenters. The lowest BCUT2D eigenvalue weighted by Gasteiger charge is -2.02. The van der Waals surface area contributed by atoms with E-state index in [0.717, 1.165) is 0 Å². The summed E-state index contributed by atoms with van der Waals surface area (Å²) < 4.78 is 0. The van der Waals surface area contributed by atoms with Crippen molar-refractivity contribution in [3.8, 4) is 11.5 Å². The smallest absolute Gasteiger partial charge is 0.248 e. The number of carbonyl (C=O) groups is 1. The molecular formula is C9H9NO3. The summed E-state index contributed by atoms with van der Waals surface area (Å²) >= 11 is 0. The van der Waals surface area contributed by atoms with E-state index >= 15 is 0 Å². The number of carbonyl (C=O) groups excluding carboxylic acids is 1. The molecule has 0 bridgehead atoms. The number of hydrogen-bond donors (Lipinski definition) is 3. The van der Waals surface area contributed by atoms with Gasteiger partial charge in [-0.2, -0.15) is 0 Å². The SMILES string of the molecule is C=C(C(N)=O)c1ccc(O)c(O)c1. The summed E-state index contributed by atoms with van der Waals surface area (Å²) in [5.41, 5.74) is 5.46. The molecule has 0 saturated heterocycles. The van der Waals surface area contributed by atoms with Gasteiger partial charge in [0.05, 0.1) is 0 Å². The molecule has 1 aromatic carbocycles. The Morgan fingerprint density at radius 3 is 2.38 bits per heavy atom. The molecule has 4 heteroatoms. The van der Waals surface area contributed by atoms with Gasteiger partial charge >= 0.3 is 0 Å². The van der Waals surface area contributed by atoms with Gasteiger partial charge in [0.15, 0.2) is 11.5 Å². The fourth-order valence-corrected chi connectivity index (χ4v) is 0.853. The molecule has 0 aliphatic rings. The van der Waals surface area contributed by atoms with Gasteiger partial charge < -0.3 is 15.9 Å². The van der Waals surface area contributed by atoms with Crippen molar-refractivity contribution in [3.05, 3.63) is 30.3 Å². The van der Waals surface area contributed by atoms with Gasteiger partial charge in [0.1, 0.15) is 0 Å². The van der Waals surface area contributed by atoms with Gasteiger partial charge in [-0.25, -0.2) is 0 Å². The predicted molar refractivity (Wildman–Crippen MR) is 48.0 cm³/mol. The lowest BCUT2D eigenvalue weighted by molar-refractivity contribution is -0.112. The highest BCUT2D eigenvalue weighted by molar-refractivity contribution is 6.17. The van der Waals surface area contributed by atoms with Crippen LogP contribution in [-0.2, 0) is 4.79 Å². The molecule has 0 aliphatic carbocycles. The molecule has 4 nitrogen and oxygen atoms in total. The molecule has 4 N–H and O–H groups in total. The van der Waals surface area contributed by atoms with Crippen molar-refractivity contribution in [2.75, 3.05) is 0 Å². The van der Waals surface area contributed by atoms with Crippen molar-refractivity contribution in [2.24, 2.45) is 5.73 Å². The molecule has 1 rings (SSSR count). The molecule has 0 fully saturated rings. The minimum Gasteiger partial charge on any atom is -0.504 e. The zero-order chi connectivity index (χ0) is 10.0. The maximum absolute atomic E-state index is 10.7. The van der Waals surface area contributed by atoms with E-state index < -0.39 is 5.91 Å². The normalized spacial score (nSPS) is 9.54. The predicted octanol–water partition coefficient (Wildman–Crippen LogP) is 0.596. The maximum atomic E-state index is 10.7. The van der Waals surface area contributed by atoms with Crippen LogP contribution in [0, 0.1) is 0 Å². The molecule has 0 unspecified atom stereocenters. The van der Waals surface area contributed by atoms with Gasteiger partial charge in [-0.15, -0.1) is 0 Å². The fourth-order valence-electron chi connectivity index (χ4n) is 0.853. The quantitative estimate of drug-likeness (QED) is 0.459. The zero-order valence-electron chi connectivity index (χ0n) is 6.82. The van der Waals surface area contributed by atoms with Crippen LogP contribution in [0.3, 0.4) is 0 Å². The van der Waals surface area contributed by atoms with Crippen LogP contribution < -0.4 is 5.73 Å². The first-order valence-corrected chi connectivity index (χ1v) is 3.53. The summed E-state index contributed by atoms with van der Waals surface area (Å²) in [5, 5.41) is 18.1. The summed E-state index contributed by atoms with van der Waals surface area (Å²) in [5.74, 6) is -1.22. The van der Waals surface area contributed by atoms with E-state index in [2.05, 4.69) is 6.58 Å². The van der Waals surface area contributed by atoms with Crippen LogP contribution in [0.5, 0.6) is 11.5 Å². The van der Waals surface area contributed by atoms with Crippen LogP contribution in [0.4, 0.5) is 0 Å². The molecule has 13 heavy (non-hydrogen) atoms. The van der Waals surface area contributed by atoms with Gasteiger partial charge in [-0.3, -0.25) is 4.79 Å². The summed E-state index contributed by atoms with van der Waals surface area (Å²) in [6.07, 6.45) is 0. The van der Waals surface area contributed by atoms with E-state index in [1.165, 1.54) is 18.2 Å². The van der Waals surface area contributed by atoms with Crippen molar-refractivity contribution >= 4 is 11.5 Å². The van der Waals surface area contributed by atoms with Crippen LogP contribution in [0.1, 0.15) is 5.56 Å². The highest BCUT2D eigenvalue weighted by Gasteiger charge is 2.07. The standard InChI is InChI=1S/C9H9NO3/c1-5(9(10)13)6-2-3-7(11)8(12)4-6/h2-4,11-12H,1H2,(H2,10,13). The molecule has 0 heterocycles. The van der Waals surface area contributed by atoms with Gasteiger partial charge in [-0.05, 0) is 17.7 Å². The van der Waals surface area contributed by atoms with E-state index in [1.54, 1.807) is 0 Å². The number of rotatable bonds is 2. The van der Waals surface area contributed by atoms with Crippen molar-refractivity contribution in [1.29, 1.82) is 0 Å². The lowest BCUT2D eigenvalue weighted by Crippen LogP contribution is -2.11. The summed E-state index contributed by atoms with van der Waals surface area (Å²) in [4.78, 5) is 10.7. The Kier molecular flexibility index (Phi) is 2.23. The number of aromatic hydroxyl groups is 2. The Morgan fingerprint density at radius 2 is 1.92 bits per heavy atom. The third-order valence-electron chi connectivity index (χ3n) is 1.62. The minimum absolute atomic E-state index is 0.0929. The minimum atomic E-state index is -0.662. The highest BCUT2D eigenvalue weighted by atomic mass is 16.3. The summed E-state index contributed by atoms with van der Waals surface area (Å²) in [6, 6.07) is 3.93. The molecule has 0 saturated carbocycles. The molecule has 0 aliphatic heterocycles. The van der Waals surface area contributed by atoms with E-state index in [4.69, 9.17) is 15.9 Å². The van der Waals surface area contributed by atoms with Crippen LogP contribution in [0.25, 0.3) is 5.57 Å². The highest BCUT2D eigenvalue weighted by Crippen LogP contribution is 2.27. The first-order valence-electron chi connectivity index (χ1n) is 3.53. The fraction of sp³-hybridized carbons (Fsp3) is 0. The number of primary amides is 1. The molecule has 0 radical (unpaired) electrons. The summed E-state index contributed by atoms with van der Waals surface area (Å²) in [7, 11) is 0. The Hall–Kier alpha value is -1.97. The average molecular weight is 179 g/mol. The number of phenolic OH excluding ortho intramolecular Hbond substituents is 2. The van der Waals surface area contributed by atoms with Gasteiger partial charge in [-0.1, -0.05) is 12.6 Å². The van der Waals surface area contributed by atoms with E-state index in [9.17, 15) is 4.79 Å². The third kappa shape index (κ3) is 1.79. The third-order valence-corrected chi connectivity index (χ3v) is 1.62. The molecule has 1 amide bonds. The maximum Gasteiger partial charge on any atom is 0.248 e. The zero-order valence-corrected chi connectivity index (χ0v) is 6.82. The van der Waals surface area contributed by atoms with Crippen molar-refractivity contribution < 1.29 is 15.0 Å². The van der Waals surface area contributed by atoms with Crippen molar-refractivity contribution in [3.63, 3.8) is 0 Å². The average Bonchev–Trinajstić information content (AvgIpc) is 2.08. The topological polar surface area (TPSA) is 83.6 Å². The van der Waals surface area contributed by atoms with Gasteiger partial charge in [0, 0.05) is 5.57 Å². The molecular weight excluding hydrogens is 170 g/mol. The van der Waals surface area contributed by atoms with E-state index in [-0.39, 0.29) is 17.1 Å². The molecule has 1 aromatic rings. The largest absolute Gasteiger partial charge is 0.504 e. The Balaban J connectivity index is 3.11. The van der Waals surface area contributed by atoms with Crippen molar-refractivity contribution in [1.82, 2.24) is 0 Å². The number of phenols is 2. The van der Waals surface area contributed by atoms with Crippen LogP contribution in [0.2, 0.25) is 0 Å². The second-order valence-corrected chi connectivity index (χ2v) is 2.55. The van der Waals surface area contributed by atoms with E-state index in [1.807, 2.05) is 0 Å². The first-order chi connectivity index (χ1) is 6.02. The Morgan fingerprint density at radius 1 is 1.31 bits per heavy atom. The number of hydrogen-bond acceptors (Lipinski definition) is 3. The molecule has 68 valence electrons. The van der Waals surface area contributed by atoms with Crippen LogP contribution in [-0.4, -0.2) is 16.1 Å². The second-order valence-electron chi connectivity index (χ2n) is 2.55. The lowest BCUT2D eigenvalue weighted by atomic mass is 10.1.